The van der Waals surface area contributed by atoms with E-state index in [1.165, 1.54) is 8.80 Å². The van der Waals surface area contributed by atoms with Gasteiger partial charge in [0.05, 0.1) is 11.0 Å². The number of rotatable bonds is 14. The minimum absolute atomic E-state index is 0.138. The fourth-order valence-corrected chi connectivity index (χ4v) is 7.72. The van der Waals surface area contributed by atoms with Gasteiger partial charge in [-0.15, -0.1) is 22.7 Å². The van der Waals surface area contributed by atoms with E-state index in [9.17, 15) is 28.8 Å². The molecule has 7 rings (SSSR count). The van der Waals surface area contributed by atoms with Gasteiger partial charge < -0.3 is 31.1 Å². The second-order valence-corrected chi connectivity index (χ2v) is 15.5. The Morgan fingerprint density at radius 3 is 1.39 bits per heavy atom. The largest absolute Gasteiger partial charge is 0.321 e. The van der Waals surface area contributed by atoms with Gasteiger partial charge in [-0.05, 0) is 103 Å². The van der Waals surface area contributed by atoms with E-state index in [1.807, 2.05) is 38.0 Å². The molecule has 0 saturated carbocycles. The highest BCUT2D eigenvalue weighted by Crippen LogP contribution is 2.26. The Morgan fingerprint density at radius 2 is 1.00 bits per heavy atom. The van der Waals surface area contributed by atoms with E-state index in [0.29, 0.717) is 69.1 Å². The number of fused-ring (bicyclic) bond motifs is 6. The van der Waals surface area contributed by atoms with E-state index < -0.39 is 22.9 Å². The van der Waals surface area contributed by atoms with Crippen molar-refractivity contribution in [3.63, 3.8) is 0 Å². The van der Waals surface area contributed by atoms with Crippen LogP contribution in [0.5, 0.6) is 0 Å². The van der Waals surface area contributed by atoms with Gasteiger partial charge in [-0.3, -0.25) is 37.6 Å². The minimum atomic E-state index is -0.478. The third kappa shape index (κ3) is 8.13. The van der Waals surface area contributed by atoms with Crippen molar-refractivity contribution in [2.45, 2.75) is 25.7 Å². The molecule has 288 valence electrons. The zero-order valence-electron chi connectivity index (χ0n) is 31.0. The molecule has 16 nitrogen and oxygen atoms in total. The van der Waals surface area contributed by atoms with Crippen molar-refractivity contribution in [2.75, 3.05) is 62.5 Å². The molecule has 0 aliphatic carbocycles. The number of hydrogen-bond donors (Lipinski definition) is 4. The summed E-state index contributed by atoms with van der Waals surface area (Å²) in [4.78, 5) is 90.8. The van der Waals surface area contributed by atoms with Crippen LogP contribution in [0.3, 0.4) is 0 Å². The van der Waals surface area contributed by atoms with Crippen LogP contribution >= 0.6 is 22.7 Å². The summed E-state index contributed by atoms with van der Waals surface area (Å²) in [7, 11) is 7.75. The molecule has 18 heteroatoms. The molecule has 0 spiro atoms. The Hall–Kier alpha value is -6.08. The Kier molecular flexibility index (Phi) is 10.9. The first-order valence-corrected chi connectivity index (χ1v) is 19.4. The molecule has 4 N–H and O–H groups in total. The van der Waals surface area contributed by atoms with E-state index in [4.69, 9.17) is 0 Å². The van der Waals surface area contributed by atoms with Crippen molar-refractivity contribution in [1.82, 2.24) is 28.6 Å². The van der Waals surface area contributed by atoms with Crippen molar-refractivity contribution in [1.29, 1.82) is 0 Å². The smallest absolute Gasteiger partial charge is 0.280 e. The van der Waals surface area contributed by atoms with E-state index >= 15 is 0 Å². The molecule has 2 aromatic carbocycles. The zero-order valence-corrected chi connectivity index (χ0v) is 32.6. The number of amides is 4. The van der Waals surface area contributed by atoms with Crippen LogP contribution < -0.4 is 32.4 Å². The monoisotopic (exact) mass is 794 g/mol. The van der Waals surface area contributed by atoms with Gasteiger partial charge in [0.2, 0.25) is 11.8 Å². The Morgan fingerprint density at radius 1 is 0.589 bits per heavy atom. The number of benzene rings is 2. The van der Waals surface area contributed by atoms with Crippen molar-refractivity contribution in [3.8, 4) is 0 Å². The van der Waals surface area contributed by atoms with E-state index in [2.05, 4.69) is 31.2 Å². The van der Waals surface area contributed by atoms with Crippen molar-refractivity contribution < 1.29 is 19.2 Å². The average Bonchev–Trinajstić information content (AvgIpc) is 3.95. The summed E-state index contributed by atoms with van der Waals surface area (Å²) in [6.07, 6.45) is 2.08. The van der Waals surface area contributed by atoms with Crippen LogP contribution in [-0.4, -0.2) is 93.5 Å². The van der Waals surface area contributed by atoms with Gasteiger partial charge >= 0.3 is 0 Å². The van der Waals surface area contributed by atoms with Crippen LogP contribution in [-0.2, 0) is 9.59 Å². The van der Waals surface area contributed by atoms with E-state index in [1.54, 1.807) is 59.3 Å². The number of thiazole rings is 2. The summed E-state index contributed by atoms with van der Waals surface area (Å²) in [5.41, 5.74) is 1.61. The van der Waals surface area contributed by atoms with Gasteiger partial charge in [0.1, 0.15) is 22.4 Å². The molecule has 0 radical (unpaired) electrons. The van der Waals surface area contributed by atoms with Gasteiger partial charge in [-0.25, -0.2) is 9.97 Å². The fourth-order valence-electron chi connectivity index (χ4n) is 6.30. The Labute approximate surface area is 327 Å². The SMILES string of the molecule is CN(C)CCCC(=O)Nc1nc(C(=O)Nc2ccc3c(c2)cc2c(=O)n4c(cc5cc(NC(=O)c6csc(NC(=O)CCCN(C)C)n6)ccc54)c(=O)n23)cs1. The lowest BCUT2D eigenvalue weighted by molar-refractivity contribution is -0.117. The average molecular weight is 795 g/mol. The number of nitrogens with one attached hydrogen (secondary N) is 4. The van der Waals surface area contributed by atoms with Crippen LogP contribution in [0.25, 0.3) is 32.8 Å². The van der Waals surface area contributed by atoms with Crippen LogP contribution in [0.15, 0.2) is 68.9 Å². The normalized spacial score (nSPS) is 11.7. The highest BCUT2D eigenvalue weighted by Gasteiger charge is 2.20. The van der Waals surface area contributed by atoms with Crippen LogP contribution in [0.1, 0.15) is 46.7 Å². The van der Waals surface area contributed by atoms with Crippen molar-refractivity contribution >= 4 is 101 Å². The van der Waals surface area contributed by atoms with E-state index in [-0.39, 0.29) is 34.2 Å². The topological polar surface area (TPSA) is 192 Å². The zero-order chi connectivity index (χ0) is 39.7. The summed E-state index contributed by atoms with van der Waals surface area (Å²) >= 11 is 2.30. The maximum atomic E-state index is 13.9. The summed E-state index contributed by atoms with van der Waals surface area (Å²) < 4.78 is 2.71. The molecule has 4 amide bonds. The molecule has 0 fully saturated rings. The van der Waals surface area contributed by atoms with Gasteiger partial charge in [-0.1, -0.05) is 0 Å². The molecule has 56 heavy (non-hydrogen) atoms. The van der Waals surface area contributed by atoms with Gasteiger partial charge in [-0.2, -0.15) is 0 Å². The standard InChI is InChI=1S/C38H38N10O6S2/c1-45(2)13-5-7-31(49)43-37-41-25(19-55-37)33(51)39-23-9-11-27-21(15-23)17-29-35(53)48-28-12-10-24(16-22(28)18-30(48)36(54)47(27)29)40-34(52)26-20-56-38(42-26)44-32(50)8-6-14-46(3)4/h9-12,15-20H,5-8,13-14H2,1-4H3,(H,39,51)(H,40,52)(H,41,43,49)(H,42,44,50). The molecule has 0 unspecified atom stereocenters. The van der Waals surface area contributed by atoms with Crippen LogP contribution in [0.2, 0.25) is 0 Å². The maximum absolute atomic E-state index is 13.9. The van der Waals surface area contributed by atoms with Crippen LogP contribution in [0.4, 0.5) is 21.6 Å². The predicted octanol–water partition coefficient (Wildman–Crippen LogP) is 4.63. The number of nitrogens with zero attached hydrogens (tertiary/aromatic N) is 6. The molecule has 5 aromatic heterocycles. The number of hydrogen-bond acceptors (Lipinski definition) is 12. The van der Waals surface area contributed by atoms with Gasteiger partial charge in [0.15, 0.2) is 10.3 Å². The lowest BCUT2D eigenvalue weighted by Crippen LogP contribution is -2.25. The van der Waals surface area contributed by atoms with Gasteiger partial charge in [0, 0.05) is 45.7 Å². The van der Waals surface area contributed by atoms with E-state index in [0.717, 1.165) is 35.8 Å². The minimum Gasteiger partial charge on any atom is -0.321 e. The summed E-state index contributed by atoms with van der Waals surface area (Å²) in [6.45, 7) is 1.56. The molecule has 0 aliphatic heterocycles. The first-order chi connectivity index (χ1) is 26.8. The lowest BCUT2D eigenvalue weighted by atomic mass is 10.2. The third-order valence-corrected chi connectivity index (χ3v) is 10.5. The maximum Gasteiger partial charge on any atom is 0.280 e. The molecule has 0 saturated heterocycles. The molecule has 0 atom stereocenters. The number of carbonyl (C=O) groups excluding carboxylic acids is 4. The second-order valence-electron chi connectivity index (χ2n) is 13.8. The number of anilines is 4. The van der Waals surface area contributed by atoms with Crippen molar-refractivity contribution in [3.05, 3.63) is 91.4 Å². The molecule has 7 aromatic rings. The fraction of sp³-hybridized carbons (Fsp3) is 0.263. The summed E-state index contributed by atoms with van der Waals surface area (Å²) in [5.74, 6) is -1.30. The first kappa shape index (κ1) is 38.2. The number of carbonyl (C=O) groups is 4. The highest BCUT2D eigenvalue weighted by molar-refractivity contribution is 7.14. The Balaban J connectivity index is 1.06. The molecule has 5 heterocycles. The predicted molar refractivity (Wildman–Crippen MR) is 220 cm³/mol. The van der Waals surface area contributed by atoms with Crippen LogP contribution in [0, 0.1) is 0 Å². The third-order valence-electron chi connectivity index (χ3n) is 8.95. The molecule has 0 aliphatic rings. The summed E-state index contributed by atoms with van der Waals surface area (Å²) in [6, 6.07) is 13.1. The van der Waals surface area contributed by atoms with Crippen molar-refractivity contribution in [2.24, 2.45) is 0 Å². The Bertz CT molecular complexity index is 2580. The first-order valence-electron chi connectivity index (χ1n) is 17.7. The molecular formula is C38H38N10O6S2. The number of aromatic nitrogens is 4. The quantitative estimate of drug-likeness (QED) is 0.121. The lowest BCUT2D eigenvalue weighted by Gasteiger charge is -2.08. The molecular weight excluding hydrogens is 757 g/mol. The van der Waals surface area contributed by atoms with Gasteiger partial charge in [0.25, 0.3) is 22.9 Å². The highest BCUT2D eigenvalue weighted by atomic mass is 32.1. The molecule has 0 bridgehead atoms. The summed E-state index contributed by atoms with van der Waals surface area (Å²) in [5, 5.41) is 16.0. The second kappa shape index (κ2) is 16.0.